The van der Waals surface area contributed by atoms with Crippen molar-refractivity contribution in [3.8, 4) is 17.6 Å². The lowest BCUT2D eigenvalue weighted by molar-refractivity contribution is -0.139. The Balaban J connectivity index is 2.25. The van der Waals surface area contributed by atoms with Crippen molar-refractivity contribution in [2.75, 3.05) is 13.7 Å². The Morgan fingerprint density at radius 1 is 1.43 bits per heavy atom. The first-order chi connectivity index (χ1) is 10.1. The Bertz CT molecular complexity index is 627. The number of rotatable bonds is 3. The molecule has 1 heterocycles. The van der Waals surface area contributed by atoms with Gasteiger partial charge in [0.05, 0.1) is 19.2 Å². The van der Waals surface area contributed by atoms with E-state index >= 15 is 0 Å². The van der Waals surface area contributed by atoms with E-state index in [2.05, 4.69) is 11.8 Å². The van der Waals surface area contributed by atoms with Crippen molar-refractivity contribution < 1.29 is 19.4 Å². The minimum Gasteiger partial charge on any atom is -0.495 e. The smallest absolute Gasteiger partial charge is 0.232 e. The largest absolute Gasteiger partial charge is 0.495 e. The Kier molecular flexibility index (Phi) is 4.61. The van der Waals surface area contributed by atoms with Crippen molar-refractivity contribution in [1.82, 2.24) is 4.90 Å². The maximum Gasteiger partial charge on any atom is 0.232 e. The first kappa shape index (κ1) is 15.1. The number of methoxy groups -OCH3 is 1. The lowest BCUT2D eigenvalue weighted by atomic mass is 10.1. The minimum absolute atomic E-state index is 0.140. The number of hydrogen-bond donors (Lipinski definition) is 1. The van der Waals surface area contributed by atoms with Gasteiger partial charge in [-0.15, -0.1) is 0 Å². The molecule has 0 aliphatic carbocycles. The van der Waals surface area contributed by atoms with Gasteiger partial charge >= 0.3 is 0 Å². The van der Waals surface area contributed by atoms with Crippen molar-refractivity contribution in [2.24, 2.45) is 5.92 Å². The Labute approximate surface area is 123 Å². The van der Waals surface area contributed by atoms with E-state index < -0.39 is 0 Å². The molecule has 2 rings (SSSR count). The predicted molar refractivity (Wildman–Crippen MR) is 76.3 cm³/mol. The Morgan fingerprint density at radius 3 is 2.76 bits per heavy atom. The third-order valence-electron chi connectivity index (χ3n) is 3.38. The van der Waals surface area contributed by atoms with Crippen LogP contribution in [0.4, 0.5) is 0 Å². The summed E-state index contributed by atoms with van der Waals surface area (Å²) in [6.45, 7) is 1.75. The first-order valence-electron chi connectivity index (χ1n) is 6.67. The summed E-state index contributed by atoms with van der Waals surface area (Å²) in [6.07, 6.45) is 0.270. The number of aliphatic hydroxyl groups excluding tert-OH is 1. The highest BCUT2D eigenvalue weighted by atomic mass is 16.5. The van der Waals surface area contributed by atoms with E-state index in [1.54, 1.807) is 25.1 Å². The zero-order valence-corrected chi connectivity index (χ0v) is 12.0. The number of likely N-dealkylation sites (tertiary alicyclic amines) is 1. The van der Waals surface area contributed by atoms with E-state index in [4.69, 9.17) is 9.84 Å². The van der Waals surface area contributed by atoms with Gasteiger partial charge in [0, 0.05) is 12.3 Å². The summed E-state index contributed by atoms with van der Waals surface area (Å²) in [5.41, 5.74) is 1.42. The highest BCUT2D eigenvalue weighted by Crippen LogP contribution is 2.24. The molecule has 1 aromatic carbocycles. The molecule has 0 aromatic heterocycles. The lowest BCUT2D eigenvalue weighted by Crippen LogP contribution is -2.29. The van der Waals surface area contributed by atoms with E-state index in [-0.39, 0.29) is 37.3 Å². The second kappa shape index (κ2) is 6.42. The molecule has 1 aliphatic heterocycles. The maximum atomic E-state index is 11.9. The molecule has 0 saturated carbocycles. The molecule has 1 aliphatic rings. The lowest BCUT2D eigenvalue weighted by Gasteiger charge is -2.15. The number of aliphatic hydroxyl groups is 1. The molecular formula is C16H17NO4. The number of amides is 2. The van der Waals surface area contributed by atoms with Gasteiger partial charge in [0.2, 0.25) is 11.8 Å². The van der Waals surface area contributed by atoms with Crippen LogP contribution >= 0.6 is 0 Å². The van der Waals surface area contributed by atoms with E-state index in [0.29, 0.717) is 11.3 Å². The fourth-order valence-electron chi connectivity index (χ4n) is 2.28. The van der Waals surface area contributed by atoms with Crippen LogP contribution in [-0.4, -0.2) is 35.5 Å². The van der Waals surface area contributed by atoms with Gasteiger partial charge in [-0.1, -0.05) is 24.8 Å². The summed E-state index contributed by atoms with van der Waals surface area (Å²) < 4.78 is 5.20. The summed E-state index contributed by atoms with van der Waals surface area (Å²) in [5, 5.41) is 8.78. The Hall–Kier alpha value is -2.32. The standard InChI is InChI=1S/C16H17NO4/c1-11-8-15(19)17(16(11)20)10-12-5-6-14(21-2)13(9-12)4-3-7-18/h5-6,9,11,18H,7-8,10H2,1-2H3. The van der Waals surface area contributed by atoms with E-state index in [9.17, 15) is 9.59 Å². The molecule has 1 N–H and O–H groups in total. The van der Waals surface area contributed by atoms with Crippen LogP contribution in [0.5, 0.6) is 5.75 Å². The fraction of sp³-hybridized carbons (Fsp3) is 0.375. The van der Waals surface area contributed by atoms with Crippen molar-refractivity contribution >= 4 is 11.8 Å². The van der Waals surface area contributed by atoms with Crippen LogP contribution in [0.3, 0.4) is 0 Å². The van der Waals surface area contributed by atoms with Crippen LogP contribution in [0.1, 0.15) is 24.5 Å². The average molecular weight is 287 g/mol. The molecule has 0 bridgehead atoms. The molecule has 5 nitrogen and oxygen atoms in total. The second-order valence-electron chi connectivity index (χ2n) is 4.92. The van der Waals surface area contributed by atoms with Crippen LogP contribution < -0.4 is 4.74 Å². The zero-order valence-electron chi connectivity index (χ0n) is 12.0. The Morgan fingerprint density at radius 2 is 2.19 bits per heavy atom. The third-order valence-corrected chi connectivity index (χ3v) is 3.38. The fourth-order valence-corrected chi connectivity index (χ4v) is 2.28. The quantitative estimate of drug-likeness (QED) is 0.663. The van der Waals surface area contributed by atoms with Crippen LogP contribution in [0.25, 0.3) is 0 Å². The summed E-state index contributed by atoms with van der Waals surface area (Å²) in [6, 6.07) is 5.31. The number of carbonyl (C=O) groups excluding carboxylic acids is 2. The van der Waals surface area contributed by atoms with E-state index in [0.717, 1.165) is 5.56 Å². The molecular weight excluding hydrogens is 270 g/mol. The van der Waals surface area contributed by atoms with Gasteiger partial charge in [0.15, 0.2) is 0 Å². The number of imide groups is 1. The van der Waals surface area contributed by atoms with Gasteiger partial charge < -0.3 is 9.84 Å². The second-order valence-corrected chi connectivity index (χ2v) is 4.92. The zero-order chi connectivity index (χ0) is 15.4. The molecule has 5 heteroatoms. The number of benzene rings is 1. The van der Waals surface area contributed by atoms with Gasteiger partial charge in [-0.2, -0.15) is 0 Å². The van der Waals surface area contributed by atoms with Crippen LogP contribution in [0.15, 0.2) is 18.2 Å². The summed E-state index contributed by atoms with van der Waals surface area (Å²) >= 11 is 0. The predicted octanol–water partition coefficient (Wildman–Crippen LogP) is 0.934. The van der Waals surface area contributed by atoms with Crippen molar-refractivity contribution in [1.29, 1.82) is 0 Å². The normalized spacial score (nSPS) is 17.7. The summed E-state index contributed by atoms with van der Waals surface area (Å²) in [7, 11) is 1.54. The molecule has 0 radical (unpaired) electrons. The molecule has 2 amide bonds. The van der Waals surface area contributed by atoms with Gasteiger partial charge in [-0.05, 0) is 17.7 Å². The summed E-state index contributed by atoms with van der Waals surface area (Å²) in [5.74, 6) is 5.42. The molecule has 1 unspecified atom stereocenters. The average Bonchev–Trinajstić information content (AvgIpc) is 2.72. The molecule has 0 spiro atoms. The third kappa shape index (κ3) is 3.23. The van der Waals surface area contributed by atoms with Crippen LogP contribution in [0, 0.1) is 17.8 Å². The first-order valence-corrected chi connectivity index (χ1v) is 6.67. The van der Waals surface area contributed by atoms with Crippen molar-refractivity contribution in [2.45, 2.75) is 19.9 Å². The highest BCUT2D eigenvalue weighted by molar-refractivity contribution is 6.03. The molecule has 21 heavy (non-hydrogen) atoms. The number of nitrogens with zero attached hydrogens (tertiary/aromatic N) is 1. The maximum absolute atomic E-state index is 11.9. The molecule has 1 fully saturated rings. The van der Waals surface area contributed by atoms with E-state index in [1.807, 2.05) is 0 Å². The molecule has 1 atom stereocenters. The number of carbonyl (C=O) groups is 2. The SMILES string of the molecule is COc1ccc(CN2C(=O)CC(C)C2=O)cc1C#CCO. The van der Waals surface area contributed by atoms with Gasteiger partial charge in [0.25, 0.3) is 0 Å². The van der Waals surface area contributed by atoms with Crippen molar-refractivity contribution in [3.63, 3.8) is 0 Å². The van der Waals surface area contributed by atoms with Gasteiger partial charge in [-0.3, -0.25) is 14.5 Å². The topological polar surface area (TPSA) is 66.8 Å². The highest BCUT2D eigenvalue weighted by Gasteiger charge is 2.35. The van der Waals surface area contributed by atoms with Gasteiger partial charge in [-0.25, -0.2) is 0 Å². The monoisotopic (exact) mass is 287 g/mol. The van der Waals surface area contributed by atoms with Crippen molar-refractivity contribution in [3.05, 3.63) is 29.3 Å². The van der Waals surface area contributed by atoms with E-state index in [1.165, 1.54) is 12.0 Å². The number of ether oxygens (including phenoxy) is 1. The number of hydrogen-bond acceptors (Lipinski definition) is 4. The minimum atomic E-state index is -0.246. The molecule has 1 saturated heterocycles. The molecule has 1 aromatic rings. The van der Waals surface area contributed by atoms with Crippen LogP contribution in [-0.2, 0) is 16.1 Å². The van der Waals surface area contributed by atoms with Crippen LogP contribution in [0.2, 0.25) is 0 Å². The summed E-state index contributed by atoms with van der Waals surface area (Å²) in [4.78, 5) is 25.0. The molecule has 110 valence electrons. The van der Waals surface area contributed by atoms with Gasteiger partial charge in [0.1, 0.15) is 12.4 Å².